The molecule has 0 spiro atoms. The van der Waals surface area contributed by atoms with Crippen LogP contribution in [-0.2, 0) is 15.0 Å². The van der Waals surface area contributed by atoms with Crippen LogP contribution in [0.2, 0.25) is 5.21 Å². The highest BCUT2D eigenvalue weighted by molar-refractivity contribution is 6.53. The number of rotatable bonds is 1. The molecule has 0 aliphatic carbocycles. The summed E-state index contributed by atoms with van der Waals surface area (Å²) in [4.78, 5) is 42.8. The van der Waals surface area contributed by atoms with Crippen LogP contribution in [0.3, 0.4) is 0 Å². The summed E-state index contributed by atoms with van der Waals surface area (Å²) < 4.78 is 1.38. The molecule has 2 aromatic rings. The first-order valence-corrected chi connectivity index (χ1v) is 8.55. The Morgan fingerprint density at radius 1 is 1.15 bits per heavy atom. The number of piperidine rings is 1. The predicted octanol–water partition coefficient (Wildman–Crippen LogP) is -6.48. The van der Waals surface area contributed by atoms with Crippen LogP contribution in [0.15, 0.2) is 10.9 Å². The molecule has 2 amide bonds. The van der Waals surface area contributed by atoms with Gasteiger partial charge in [-0.15, -0.1) is 0 Å². The number of benzene rings is 1. The minimum absolute atomic E-state index is 0.198. The topological polar surface area (TPSA) is 107 Å². The SMILES string of the molecule is Bc1cc(B)c2nc(C)n(C3(B)CC(B)(B)C(=O)NC3=O)c(=O)c2c1N. The molecule has 0 saturated carbocycles. The van der Waals surface area contributed by atoms with Crippen molar-refractivity contribution >= 4 is 78.6 Å². The molecule has 0 radical (unpaired) electrons. The van der Waals surface area contributed by atoms with E-state index in [4.69, 9.17) is 5.73 Å². The van der Waals surface area contributed by atoms with E-state index in [9.17, 15) is 14.4 Å². The molecule has 3 N–H and O–H groups in total. The Labute approximate surface area is 155 Å². The highest BCUT2D eigenvalue weighted by atomic mass is 16.2. The molecule has 1 aliphatic heterocycles. The first kappa shape index (κ1) is 18.4. The number of fused-ring (bicyclic) bond motifs is 1. The molecule has 1 aromatic carbocycles. The summed E-state index contributed by atoms with van der Waals surface area (Å²) >= 11 is 0. The van der Waals surface area contributed by atoms with E-state index in [-0.39, 0.29) is 17.9 Å². The second-order valence-corrected chi connectivity index (χ2v) is 8.06. The maximum atomic E-state index is 13.4. The Hall–Kier alpha value is -2.38. The van der Waals surface area contributed by atoms with Gasteiger partial charge in [0.05, 0.1) is 16.3 Å². The number of imide groups is 1. The number of amides is 2. The molecule has 3 rings (SSSR count). The number of nitrogen functional groups attached to an aromatic ring is 1. The molecule has 128 valence electrons. The number of nitrogens with one attached hydrogen (secondary N) is 1. The van der Waals surface area contributed by atoms with Crippen molar-refractivity contribution < 1.29 is 9.59 Å². The third kappa shape index (κ3) is 2.42. The van der Waals surface area contributed by atoms with E-state index in [0.29, 0.717) is 22.4 Å². The van der Waals surface area contributed by atoms with E-state index >= 15 is 0 Å². The Kier molecular flexibility index (Phi) is 3.94. The first-order chi connectivity index (χ1) is 11.9. The van der Waals surface area contributed by atoms with Gasteiger partial charge in [-0.25, -0.2) is 4.98 Å². The van der Waals surface area contributed by atoms with Gasteiger partial charge in [-0.2, -0.15) is 0 Å². The van der Waals surface area contributed by atoms with Gasteiger partial charge in [-0.3, -0.25) is 24.3 Å². The van der Waals surface area contributed by atoms with Gasteiger partial charge in [-0.1, -0.05) is 17.0 Å². The zero-order valence-corrected chi connectivity index (χ0v) is 16.0. The number of carbonyl (C=O) groups excluding carboxylic acids is 2. The molecule has 7 nitrogen and oxygen atoms in total. The summed E-state index contributed by atoms with van der Waals surface area (Å²) in [6.07, 6.45) is 0.198. The average molecular weight is 345 g/mol. The van der Waals surface area contributed by atoms with Crippen molar-refractivity contribution in [2.45, 2.75) is 24.0 Å². The van der Waals surface area contributed by atoms with Gasteiger partial charge in [-0.05, 0) is 18.6 Å². The van der Waals surface area contributed by atoms with Crippen molar-refractivity contribution in [2.75, 3.05) is 5.73 Å². The summed E-state index contributed by atoms with van der Waals surface area (Å²) in [5.74, 6) is -0.432. The summed E-state index contributed by atoms with van der Waals surface area (Å²) in [5, 5.41) is 1.92. The maximum Gasteiger partial charge on any atom is 0.263 e. The molecule has 1 unspecified atom stereocenters. The molecule has 1 aromatic heterocycles. The van der Waals surface area contributed by atoms with Crippen LogP contribution < -0.4 is 27.5 Å². The molecule has 0 bridgehead atoms. The Bertz CT molecular complexity index is 1050. The van der Waals surface area contributed by atoms with Crippen molar-refractivity contribution in [3.63, 3.8) is 0 Å². The Morgan fingerprint density at radius 3 is 2.38 bits per heavy atom. The average Bonchev–Trinajstić information content (AvgIpc) is 2.50. The molecular weight excluding hydrogens is 326 g/mol. The lowest BCUT2D eigenvalue weighted by atomic mass is 9.45. The molecule has 1 atom stereocenters. The van der Waals surface area contributed by atoms with Crippen molar-refractivity contribution in [1.82, 2.24) is 14.9 Å². The number of nitrogens with zero attached hydrogens (tertiary/aromatic N) is 2. The molecule has 1 aliphatic rings. The molecule has 26 heavy (non-hydrogen) atoms. The third-order valence-electron chi connectivity index (χ3n) is 5.36. The van der Waals surface area contributed by atoms with Gasteiger partial charge >= 0.3 is 0 Å². The van der Waals surface area contributed by atoms with Gasteiger partial charge < -0.3 is 5.73 Å². The second-order valence-electron chi connectivity index (χ2n) is 8.06. The lowest BCUT2D eigenvalue weighted by Gasteiger charge is -2.42. The Balaban J connectivity index is 2.39. The van der Waals surface area contributed by atoms with E-state index in [1.54, 1.807) is 30.5 Å². The summed E-state index contributed by atoms with van der Waals surface area (Å²) in [6.45, 7) is 1.69. The normalized spacial score (nSPS) is 22.3. The molecule has 12 heteroatoms. The lowest BCUT2D eigenvalue weighted by molar-refractivity contribution is -0.138. The van der Waals surface area contributed by atoms with Gasteiger partial charge in [0.1, 0.15) is 45.1 Å². The maximum absolute atomic E-state index is 13.4. The minimum atomic E-state index is -1.23. The fraction of sp³-hybridized carbons (Fsp3) is 0.286. The molecular formula is C14H19B5N4O3. The highest BCUT2D eigenvalue weighted by Gasteiger charge is 2.49. The number of hydrogen-bond donors (Lipinski definition) is 2. The van der Waals surface area contributed by atoms with Crippen molar-refractivity contribution in [2.24, 2.45) is 0 Å². The van der Waals surface area contributed by atoms with Crippen LogP contribution in [-0.4, -0.2) is 60.6 Å². The van der Waals surface area contributed by atoms with E-state index in [0.717, 1.165) is 10.9 Å². The number of nitrogens with two attached hydrogens (primary N) is 1. The largest absolute Gasteiger partial charge is 0.398 e. The van der Waals surface area contributed by atoms with E-state index in [1.165, 1.54) is 4.57 Å². The van der Waals surface area contributed by atoms with Crippen LogP contribution in [0.1, 0.15) is 12.2 Å². The first-order valence-electron chi connectivity index (χ1n) is 8.55. The zero-order chi connectivity index (χ0) is 19.6. The van der Waals surface area contributed by atoms with Crippen molar-refractivity contribution in [1.29, 1.82) is 0 Å². The lowest BCUT2D eigenvalue weighted by Crippen LogP contribution is -2.63. The third-order valence-corrected chi connectivity index (χ3v) is 5.36. The van der Waals surface area contributed by atoms with Crippen molar-refractivity contribution in [3.8, 4) is 0 Å². The number of anilines is 1. The zero-order valence-electron chi connectivity index (χ0n) is 16.0. The van der Waals surface area contributed by atoms with E-state index < -0.39 is 16.6 Å². The molecule has 1 fully saturated rings. The highest BCUT2D eigenvalue weighted by Crippen LogP contribution is 2.36. The number of aromatic nitrogens is 2. The van der Waals surface area contributed by atoms with Gasteiger partial charge in [0.15, 0.2) is 0 Å². The van der Waals surface area contributed by atoms with Gasteiger partial charge in [0.25, 0.3) is 5.56 Å². The van der Waals surface area contributed by atoms with Gasteiger partial charge in [0.2, 0.25) is 11.8 Å². The van der Waals surface area contributed by atoms with E-state index in [1.807, 2.05) is 21.8 Å². The summed E-state index contributed by atoms with van der Waals surface area (Å²) in [5.41, 5.74) is 7.14. The minimum Gasteiger partial charge on any atom is -0.398 e. The Morgan fingerprint density at radius 2 is 1.77 bits per heavy atom. The quantitative estimate of drug-likeness (QED) is 0.304. The van der Waals surface area contributed by atoms with Crippen LogP contribution >= 0.6 is 0 Å². The van der Waals surface area contributed by atoms with Crippen LogP contribution in [0, 0.1) is 6.92 Å². The van der Waals surface area contributed by atoms with Crippen LogP contribution in [0.25, 0.3) is 10.9 Å². The molecule has 1 saturated heterocycles. The summed E-state index contributed by atoms with van der Waals surface area (Å²) in [6, 6.07) is 1.89. The monoisotopic (exact) mass is 346 g/mol. The predicted molar refractivity (Wildman–Crippen MR) is 116 cm³/mol. The summed E-state index contributed by atoms with van der Waals surface area (Å²) in [7, 11) is 8.89. The number of hydrogen-bond acceptors (Lipinski definition) is 5. The van der Waals surface area contributed by atoms with Crippen molar-refractivity contribution in [3.05, 3.63) is 22.2 Å². The second kappa shape index (κ2) is 5.56. The van der Waals surface area contributed by atoms with Crippen LogP contribution in [0.4, 0.5) is 5.69 Å². The number of carbonyl (C=O) groups is 2. The fourth-order valence-electron chi connectivity index (χ4n) is 4.01. The fourth-order valence-corrected chi connectivity index (χ4v) is 4.01. The number of aryl methyl sites for hydroxylation is 1. The van der Waals surface area contributed by atoms with E-state index in [2.05, 4.69) is 10.3 Å². The smallest absolute Gasteiger partial charge is 0.263 e. The standard InChI is InChI=1S/C14H19B5N4O3/c1-4-21-9-6(16)2-5(15)8(20)7(9)10(24)23(4)14(19)3-13(17,18)11(25)22-12(14)26/h2H,3,15-20H2,1H3,(H,22,25,26). The van der Waals surface area contributed by atoms with Crippen LogP contribution in [0.5, 0.6) is 0 Å². The molecule has 2 heterocycles. The van der Waals surface area contributed by atoms with Gasteiger partial charge in [0, 0.05) is 5.69 Å².